The van der Waals surface area contributed by atoms with Gasteiger partial charge in [-0.1, -0.05) is 60.7 Å². The normalized spacial score (nSPS) is 18.4. The van der Waals surface area contributed by atoms with Crippen molar-refractivity contribution in [3.05, 3.63) is 71.8 Å². The van der Waals surface area contributed by atoms with Gasteiger partial charge in [-0.3, -0.25) is 19.2 Å². The zero-order chi connectivity index (χ0) is 32.4. The molecule has 44 heavy (non-hydrogen) atoms. The molecular formula is C31H41N5O8. The van der Waals surface area contributed by atoms with Crippen molar-refractivity contribution in [2.45, 2.75) is 82.5 Å². The van der Waals surface area contributed by atoms with Gasteiger partial charge in [-0.25, -0.2) is 4.79 Å². The van der Waals surface area contributed by atoms with Crippen molar-refractivity contribution in [3.63, 3.8) is 0 Å². The van der Waals surface area contributed by atoms with E-state index in [1.807, 2.05) is 0 Å². The number of aliphatic hydroxyl groups is 2. The average Bonchev–Trinajstić information content (AvgIpc) is 3.36. The van der Waals surface area contributed by atoms with Crippen LogP contribution in [0.5, 0.6) is 0 Å². The minimum atomic E-state index is -1.85. The van der Waals surface area contributed by atoms with Crippen molar-refractivity contribution in [2.75, 3.05) is 6.54 Å². The fourth-order valence-corrected chi connectivity index (χ4v) is 4.84. The van der Waals surface area contributed by atoms with Crippen LogP contribution in [0.15, 0.2) is 60.7 Å². The van der Waals surface area contributed by atoms with E-state index in [1.54, 1.807) is 81.4 Å². The number of carbonyl (C=O) groups is 5. The van der Waals surface area contributed by atoms with Crippen LogP contribution in [0.3, 0.4) is 0 Å². The standard InChI is InChI=1S/C31H41N5O8/c1-31(2,3)35-28(41)25-23(37)14-15-36(25)29(42)26(39)21(16-19-10-6-4-7-11-19)33-27(40)22(17-24(32)38)34-30(43)44-18-20-12-8-5-9-13-20/h4-13,21-23,25-26,37,39H,14-18H2,1-3H3,(H2,32,38)(H,33,40)(H,34,43)(H,35,41)/t21-,22-,23-,25-,26-/m0/s1. The lowest BCUT2D eigenvalue weighted by Gasteiger charge is -2.33. The number of nitrogens with two attached hydrogens (primary N) is 1. The lowest BCUT2D eigenvalue weighted by atomic mass is 9.99. The highest BCUT2D eigenvalue weighted by atomic mass is 16.5. The van der Waals surface area contributed by atoms with Crippen molar-refractivity contribution in [1.29, 1.82) is 0 Å². The molecule has 1 fully saturated rings. The summed E-state index contributed by atoms with van der Waals surface area (Å²) in [6, 6.07) is 13.6. The molecule has 238 valence electrons. The van der Waals surface area contributed by atoms with Crippen LogP contribution in [0.25, 0.3) is 0 Å². The Labute approximate surface area is 256 Å². The smallest absolute Gasteiger partial charge is 0.408 e. The molecule has 1 saturated heterocycles. The van der Waals surface area contributed by atoms with Crippen molar-refractivity contribution < 1.29 is 38.9 Å². The molecule has 0 bridgehead atoms. The van der Waals surface area contributed by atoms with Crippen LogP contribution in [-0.2, 0) is 36.9 Å². The number of aliphatic hydroxyl groups excluding tert-OH is 2. The molecule has 7 N–H and O–H groups in total. The Balaban J connectivity index is 1.79. The van der Waals surface area contributed by atoms with E-state index >= 15 is 0 Å². The predicted octanol–water partition coefficient (Wildman–Crippen LogP) is 0.122. The van der Waals surface area contributed by atoms with E-state index in [1.165, 1.54) is 0 Å². The quantitative estimate of drug-likeness (QED) is 0.194. The monoisotopic (exact) mass is 611 g/mol. The van der Waals surface area contributed by atoms with Crippen molar-refractivity contribution in [2.24, 2.45) is 5.73 Å². The molecule has 0 aromatic heterocycles. The number of hydrogen-bond acceptors (Lipinski definition) is 8. The van der Waals surface area contributed by atoms with Gasteiger partial charge in [0.05, 0.1) is 18.6 Å². The van der Waals surface area contributed by atoms with Crippen LogP contribution in [0, 0.1) is 0 Å². The molecule has 2 aromatic rings. The highest BCUT2D eigenvalue weighted by Crippen LogP contribution is 2.22. The summed E-state index contributed by atoms with van der Waals surface area (Å²) in [4.78, 5) is 65.3. The average molecular weight is 612 g/mol. The van der Waals surface area contributed by atoms with E-state index < -0.39 is 72.0 Å². The minimum absolute atomic E-state index is 0.00437. The van der Waals surface area contributed by atoms with Crippen molar-refractivity contribution >= 4 is 29.7 Å². The van der Waals surface area contributed by atoms with Gasteiger partial charge < -0.3 is 41.5 Å². The number of ether oxygens (including phenoxy) is 1. The number of carbonyl (C=O) groups excluding carboxylic acids is 5. The van der Waals surface area contributed by atoms with Gasteiger partial charge in [0.1, 0.15) is 18.7 Å². The Kier molecular flexibility index (Phi) is 11.8. The van der Waals surface area contributed by atoms with E-state index in [-0.39, 0.29) is 26.0 Å². The second-order valence-electron chi connectivity index (χ2n) is 11.8. The Hall–Kier alpha value is -4.49. The van der Waals surface area contributed by atoms with Crippen LogP contribution < -0.4 is 21.7 Å². The number of nitrogens with one attached hydrogen (secondary N) is 3. The number of nitrogens with zero attached hydrogens (tertiary/aromatic N) is 1. The molecule has 2 aromatic carbocycles. The van der Waals surface area contributed by atoms with Gasteiger partial charge in [0.2, 0.25) is 17.7 Å². The first-order chi connectivity index (χ1) is 20.7. The highest BCUT2D eigenvalue weighted by molar-refractivity contribution is 5.93. The first-order valence-electron chi connectivity index (χ1n) is 14.3. The van der Waals surface area contributed by atoms with Crippen LogP contribution in [0.4, 0.5) is 4.79 Å². The number of hydrogen-bond donors (Lipinski definition) is 6. The van der Waals surface area contributed by atoms with Crippen LogP contribution >= 0.6 is 0 Å². The fourth-order valence-electron chi connectivity index (χ4n) is 4.84. The molecule has 0 radical (unpaired) electrons. The topological polar surface area (TPSA) is 200 Å². The largest absolute Gasteiger partial charge is 0.445 e. The van der Waals surface area contributed by atoms with E-state index in [0.717, 1.165) is 4.90 Å². The summed E-state index contributed by atoms with van der Waals surface area (Å²) in [5, 5.41) is 29.5. The molecule has 0 aliphatic carbocycles. The molecule has 0 unspecified atom stereocenters. The van der Waals surface area contributed by atoms with Crippen LogP contribution in [-0.4, -0.2) is 87.3 Å². The number of amides is 5. The van der Waals surface area contributed by atoms with E-state index in [4.69, 9.17) is 10.5 Å². The van der Waals surface area contributed by atoms with Crippen molar-refractivity contribution in [1.82, 2.24) is 20.9 Å². The van der Waals surface area contributed by atoms with Gasteiger partial charge in [-0.2, -0.15) is 0 Å². The summed E-state index contributed by atoms with van der Waals surface area (Å²) in [6.45, 7) is 5.18. The van der Waals surface area contributed by atoms with E-state index in [2.05, 4.69) is 16.0 Å². The van der Waals surface area contributed by atoms with E-state index in [9.17, 15) is 34.2 Å². The molecule has 0 saturated carbocycles. The SMILES string of the molecule is CC(C)(C)NC(=O)[C@@H]1[C@@H](O)CCN1C(=O)[C@@H](O)[C@H](Cc1ccccc1)NC(=O)[C@H](CC(N)=O)NC(=O)OCc1ccccc1. The van der Waals surface area contributed by atoms with Gasteiger partial charge in [-0.05, 0) is 44.7 Å². The number of rotatable bonds is 12. The van der Waals surface area contributed by atoms with E-state index in [0.29, 0.717) is 11.1 Å². The lowest BCUT2D eigenvalue weighted by Crippen LogP contribution is -2.60. The molecule has 13 heteroatoms. The summed E-state index contributed by atoms with van der Waals surface area (Å²) in [7, 11) is 0. The predicted molar refractivity (Wildman–Crippen MR) is 159 cm³/mol. The second kappa shape index (κ2) is 15.3. The van der Waals surface area contributed by atoms with Crippen LogP contribution in [0.1, 0.15) is 44.7 Å². The Morgan fingerprint density at radius 2 is 1.57 bits per heavy atom. The minimum Gasteiger partial charge on any atom is -0.445 e. The summed E-state index contributed by atoms with van der Waals surface area (Å²) < 4.78 is 5.17. The zero-order valence-corrected chi connectivity index (χ0v) is 25.1. The molecule has 0 spiro atoms. The summed E-state index contributed by atoms with van der Waals surface area (Å²) in [6.07, 6.45) is -4.47. The molecule has 1 aliphatic rings. The fraction of sp³-hybridized carbons (Fsp3) is 0.452. The molecule has 1 aliphatic heterocycles. The molecule has 5 atom stereocenters. The van der Waals surface area contributed by atoms with Gasteiger partial charge >= 0.3 is 6.09 Å². The van der Waals surface area contributed by atoms with Gasteiger partial charge in [0.15, 0.2) is 6.10 Å². The van der Waals surface area contributed by atoms with Crippen molar-refractivity contribution in [3.8, 4) is 0 Å². The summed E-state index contributed by atoms with van der Waals surface area (Å²) in [5.74, 6) is -3.23. The Morgan fingerprint density at radius 3 is 2.14 bits per heavy atom. The molecule has 5 amide bonds. The summed E-state index contributed by atoms with van der Waals surface area (Å²) in [5.41, 5.74) is 6.06. The maximum Gasteiger partial charge on any atom is 0.408 e. The number of primary amides is 1. The first kappa shape index (κ1) is 34.0. The van der Waals surface area contributed by atoms with Gasteiger partial charge in [0, 0.05) is 12.1 Å². The molecular weight excluding hydrogens is 570 g/mol. The van der Waals surface area contributed by atoms with Gasteiger partial charge in [0.25, 0.3) is 5.91 Å². The Bertz CT molecular complexity index is 1300. The third kappa shape index (κ3) is 10.1. The van der Waals surface area contributed by atoms with Gasteiger partial charge in [-0.15, -0.1) is 0 Å². The zero-order valence-electron chi connectivity index (χ0n) is 25.1. The molecule has 13 nitrogen and oxygen atoms in total. The third-order valence-corrected chi connectivity index (χ3v) is 6.90. The lowest BCUT2D eigenvalue weighted by molar-refractivity contribution is -0.149. The third-order valence-electron chi connectivity index (χ3n) is 6.90. The Morgan fingerprint density at radius 1 is 0.977 bits per heavy atom. The molecule has 3 rings (SSSR count). The molecule has 1 heterocycles. The van der Waals surface area contributed by atoms with Crippen LogP contribution in [0.2, 0.25) is 0 Å². The summed E-state index contributed by atoms with van der Waals surface area (Å²) >= 11 is 0. The first-order valence-corrected chi connectivity index (χ1v) is 14.3. The maximum absolute atomic E-state index is 13.6. The number of benzene rings is 2. The number of alkyl carbamates (subject to hydrolysis) is 1. The number of likely N-dealkylation sites (tertiary alicyclic amines) is 1. The maximum atomic E-state index is 13.6. The second-order valence-corrected chi connectivity index (χ2v) is 11.8. The highest BCUT2D eigenvalue weighted by Gasteiger charge is 2.45.